The number of aromatic nitrogens is 2. The molecule has 0 saturated carbocycles. The van der Waals surface area contributed by atoms with E-state index in [9.17, 15) is 4.79 Å². The first-order valence-corrected chi connectivity index (χ1v) is 12.7. The summed E-state index contributed by atoms with van der Waals surface area (Å²) in [6.45, 7) is 7.43. The number of hydrogen-bond acceptors (Lipinski definition) is 3. The lowest BCUT2D eigenvalue weighted by atomic mass is 9.95. The standard InChI is InChI=1S/C30H34N4O/c1-22-9-8-10-24(19-22)21-34-28-14-7-6-13-27(28)32-30(34)33-17-15-26(16-18-33)29(35)31-20-23(2)25-11-4-3-5-12-25/h3-14,19,23,26H,15-18,20-21H2,1-2H3,(H,31,35)/t23-/m0/s1. The molecule has 0 bridgehead atoms. The van der Waals surface area contributed by atoms with Gasteiger partial charge in [-0.05, 0) is 48.9 Å². The van der Waals surface area contributed by atoms with Crippen molar-refractivity contribution in [1.29, 1.82) is 0 Å². The molecule has 1 amide bonds. The minimum absolute atomic E-state index is 0.0591. The van der Waals surface area contributed by atoms with Gasteiger partial charge in [-0.2, -0.15) is 0 Å². The van der Waals surface area contributed by atoms with Crippen LogP contribution in [0.4, 0.5) is 5.95 Å². The number of benzene rings is 3. The smallest absolute Gasteiger partial charge is 0.223 e. The Morgan fingerprint density at radius 1 is 1.00 bits per heavy atom. The Kier molecular flexibility index (Phi) is 6.84. The first-order valence-electron chi connectivity index (χ1n) is 12.7. The zero-order valence-electron chi connectivity index (χ0n) is 20.7. The molecule has 0 aliphatic carbocycles. The van der Waals surface area contributed by atoms with E-state index in [-0.39, 0.29) is 11.8 Å². The van der Waals surface area contributed by atoms with Gasteiger partial charge in [-0.25, -0.2) is 4.98 Å². The zero-order valence-corrected chi connectivity index (χ0v) is 20.7. The Labute approximate surface area is 207 Å². The van der Waals surface area contributed by atoms with E-state index in [0.29, 0.717) is 12.5 Å². The molecule has 3 aromatic carbocycles. The first-order chi connectivity index (χ1) is 17.1. The predicted molar refractivity (Wildman–Crippen MR) is 143 cm³/mol. The molecule has 5 rings (SSSR count). The maximum atomic E-state index is 12.9. The number of piperidine rings is 1. The van der Waals surface area contributed by atoms with Gasteiger partial charge in [0.05, 0.1) is 17.6 Å². The highest BCUT2D eigenvalue weighted by Gasteiger charge is 2.28. The number of hydrogen-bond donors (Lipinski definition) is 1. The van der Waals surface area contributed by atoms with Crippen molar-refractivity contribution in [2.24, 2.45) is 5.92 Å². The Balaban J connectivity index is 1.25. The van der Waals surface area contributed by atoms with Crippen LogP contribution in [-0.4, -0.2) is 35.1 Å². The maximum Gasteiger partial charge on any atom is 0.223 e. The Hall–Kier alpha value is -3.60. The van der Waals surface area contributed by atoms with Crippen LogP contribution in [0.1, 0.15) is 42.4 Å². The molecule has 0 unspecified atom stereocenters. The van der Waals surface area contributed by atoms with Crippen molar-refractivity contribution in [2.75, 3.05) is 24.5 Å². The van der Waals surface area contributed by atoms with Gasteiger partial charge >= 0.3 is 0 Å². The fourth-order valence-corrected chi connectivity index (χ4v) is 5.09. The van der Waals surface area contributed by atoms with Crippen molar-refractivity contribution < 1.29 is 4.79 Å². The van der Waals surface area contributed by atoms with Crippen LogP contribution in [-0.2, 0) is 11.3 Å². The second-order valence-electron chi connectivity index (χ2n) is 9.79. The molecule has 180 valence electrons. The molecule has 4 aromatic rings. The summed E-state index contributed by atoms with van der Waals surface area (Å²) in [5.41, 5.74) is 5.97. The van der Waals surface area contributed by atoms with E-state index in [2.05, 4.69) is 95.4 Å². The third-order valence-electron chi connectivity index (χ3n) is 7.16. The van der Waals surface area contributed by atoms with Crippen LogP contribution < -0.4 is 10.2 Å². The number of para-hydroxylation sites is 2. The van der Waals surface area contributed by atoms with E-state index < -0.39 is 0 Å². The Bertz CT molecular complexity index is 1290. The van der Waals surface area contributed by atoms with Crippen LogP contribution in [0, 0.1) is 12.8 Å². The molecule has 0 radical (unpaired) electrons. The highest BCUT2D eigenvalue weighted by atomic mass is 16.1. The quantitative estimate of drug-likeness (QED) is 0.390. The summed E-state index contributed by atoms with van der Waals surface area (Å²) in [4.78, 5) is 20.3. The molecule has 0 spiro atoms. The van der Waals surface area contributed by atoms with Crippen LogP contribution in [0.3, 0.4) is 0 Å². The third kappa shape index (κ3) is 5.24. The average Bonchev–Trinajstić information content (AvgIpc) is 3.26. The number of nitrogens with zero attached hydrogens (tertiary/aromatic N) is 3. The molecule has 1 atom stereocenters. The second kappa shape index (κ2) is 10.3. The van der Waals surface area contributed by atoms with Crippen LogP contribution >= 0.6 is 0 Å². The minimum Gasteiger partial charge on any atom is -0.355 e. The van der Waals surface area contributed by atoms with Crippen LogP contribution in [0.15, 0.2) is 78.9 Å². The molecule has 5 nitrogen and oxygen atoms in total. The van der Waals surface area contributed by atoms with Crippen molar-refractivity contribution in [3.8, 4) is 0 Å². The third-order valence-corrected chi connectivity index (χ3v) is 7.16. The van der Waals surface area contributed by atoms with Gasteiger partial charge in [0.15, 0.2) is 0 Å². The van der Waals surface area contributed by atoms with Crippen molar-refractivity contribution in [3.63, 3.8) is 0 Å². The summed E-state index contributed by atoms with van der Waals surface area (Å²) in [6, 6.07) is 27.4. The number of anilines is 1. The van der Waals surface area contributed by atoms with Gasteiger partial charge in [0.1, 0.15) is 0 Å². The van der Waals surface area contributed by atoms with Crippen molar-refractivity contribution in [1.82, 2.24) is 14.9 Å². The lowest BCUT2D eigenvalue weighted by Crippen LogP contribution is -2.42. The monoisotopic (exact) mass is 466 g/mol. The molecule has 1 saturated heterocycles. The summed E-state index contributed by atoms with van der Waals surface area (Å²) in [5.74, 6) is 1.55. The molecule has 1 aliphatic rings. The SMILES string of the molecule is Cc1cccc(Cn2c(N3CCC(C(=O)NC[C@H](C)c4ccccc4)CC3)nc3ccccc32)c1. The summed E-state index contributed by atoms with van der Waals surface area (Å²) in [6.07, 6.45) is 1.69. The van der Waals surface area contributed by atoms with Gasteiger partial charge in [-0.1, -0.05) is 79.2 Å². The lowest BCUT2D eigenvalue weighted by molar-refractivity contribution is -0.125. The van der Waals surface area contributed by atoms with Crippen LogP contribution in [0.25, 0.3) is 11.0 Å². The second-order valence-corrected chi connectivity index (χ2v) is 9.79. The van der Waals surface area contributed by atoms with Crippen LogP contribution in [0.2, 0.25) is 0 Å². The highest BCUT2D eigenvalue weighted by molar-refractivity contribution is 5.80. The topological polar surface area (TPSA) is 50.2 Å². The fraction of sp³-hybridized carbons (Fsp3) is 0.333. The van der Waals surface area contributed by atoms with Gasteiger partial charge in [-0.15, -0.1) is 0 Å². The molecule has 35 heavy (non-hydrogen) atoms. The molecule has 2 heterocycles. The molecule has 5 heteroatoms. The van der Waals surface area contributed by atoms with E-state index in [0.717, 1.165) is 49.5 Å². The summed E-state index contributed by atoms with van der Waals surface area (Å²) < 4.78 is 2.33. The van der Waals surface area contributed by atoms with Gasteiger partial charge < -0.3 is 14.8 Å². The van der Waals surface area contributed by atoms with E-state index in [1.165, 1.54) is 16.7 Å². The molecular formula is C30H34N4O. The van der Waals surface area contributed by atoms with Crippen molar-refractivity contribution in [2.45, 2.75) is 39.2 Å². The number of imidazole rings is 1. The normalized spacial score (nSPS) is 15.3. The van der Waals surface area contributed by atoms with Gasteiger partial charge in [0.2, 0.25) is 11.9 Å². The van der Waals surface area contributed by atoms with E-state index >= 15 is 0 Å². The number of rotatable bonds is 7. The number of fused-ring (bicyclic) bond motifs is 1. The average molecular weight is 467 g/mol. The molecule has 1 N–H and O–H groups in total. The molecule has 1 aliphatic heterocycles. The fourth-order valence-electron chi connectivity index (χ4n) is 5.09. The van der Waals surface area contributed by atoms with Gasteiger partial charge in [0.25, 0.3) is 0 Å². The largest absolute Gasteiger partial charge is 0.355 e. The summed E-state index contributed by atoms with van der Waals surface area (Å²) in [5, 5.41) is 3.20. The number of carbonyl (C=O) groups excluding carboxylic acids is 1. The maximum absolute atomic E-state index is 12.9. The van der Waals surface area contributed by atoms with E-state index in [4.69, 9.17) is 4.98 Å². The number of aryl methyl sites for hydroxylation is 1. The molecule has 1 fully saturated rings. The minimum atomic E-state index is 0.0591. The number of carbonyl (C=O) groups is 1. The Morgan fingerprint density at radius 2 is 1.74 bits per heavy atom. The highest BCUT2D eigenvalue weighted by Crippen LogP contribution is 2.28. The summed E-state index contributed by atoms with van der Waals surface area (Å²) in [7, 11) is 0. The van der Waals surface area contributed by atoms with Crippen molar-refractivity contribution >= 4 is 22.9 Å². The first kappa shape index (κ1) is 23.2. The number of amides is 1. The van der Waals surface area contributed by atoms with Crippen LogP contribution in [0.5, 0.6) is 0 Å². The molecular weight excluding hydrogens is 432 g/mol. The molecule has 1 aromatic heterocycles. The van der Waals surface area contributed by atoms with E-state index in [1.54, 1.807) is 0 Å². The number of nitrogens with one attached hydrogen (secondary N) is 1. The lowest BCUT2D eigenvalue weighted by Gasteiger charge is -2.32. The Morgan fingerprint density at radius 3 is 2.51 bits per heavy atom. The van der Waals surface area contributed by atoms with E-state index in [1.807, 2.05) is 12.1 Å². The van der Waals surface area contributed by atoms with Gasteiger partial charge in [-0.3, -0.25) is 4.79 Å². The summed E-state index contributed by atoms with van der Waals surface area (Å²) >= 11 is 0. The predicted octanol–water partition coefficient (Wildman–Crippen LogP) is 5.53. The van der Waals surface area contributed by atoms with Gasteiger partial charge in [0, 0.05) is 25.6 Å². The zero-order chi connectivity index (χ0) is 24.2. The van der Waals surface area contributed by atoms with Crippen molar-refractivity contribution in [3.05, 3.63) is 95.6 Å².